The Hall–Kier alpha value is -3.14. The van der Waals surface area contributed by atoms with Gasteiger partial charge in [-0.3, -0.25) is 4.79 Å². The van der Waals surface area contributed by atoms with E-state index in [-0.39, 0.29) is 11.0 Å². The highest BCUT2D eigenvalue weighted by Crippen LogP contribution is 2.33. The number of allylic oxidation sites excluding steroid dienone is 1. The molecule has 0 spiro atoms. The van der Waals surface area contributed by atoms with Gasteiger partial charge in [-0.25, -0.2) is 4.79 Å². The third kappa shape index (κ3) is 2.84. The summed E-state index contributed by atoms with van der Waals surface area (Å²) in [5.41, 5.74) is 4.31. The van der Waals surface area contributed by atoms with Crippen molar-refractivity contribution in [3.8, 4) is 0 Å². The van der Waals surface area contributed by atoms with Crippen LogP contribution in [0.5, 0.6) is 0 Å². The van der Waals surface area contributed by atoms with Crippen LogP contribution in [0.4, 0.5) is 0 Å². The number of benzene rings is 2. The summed E-state index contributed by atoms with van der Waals surface area (Å²) in [6.07, 6.45) is 4.45. The van der Waals surface area contributed by atoms with Gasteiger partial charge in [0.25, 0.3) is 0 Å². The third-order valence-corrected chi connectivity index (χ3v) is 4.78. The molecule has 1 N–H and O–H groups in total. The lowest BCUT2D eigenvalue weighted by Gasteiger charge is -2.18. The van der Waals surface area contributed by atoms with E-state index in [9.17, 15) is 9.59 Å². The first-order chi connectivity index (χ1) is 12.5. The molecular weight excluding hydrogens is 328 g/mol. The second kappa shape index (κ2) is 6.30. The number of carboxylic acid groups (broad SMARTS) is 1. The van der Waals surface area contributed by atoms with E-state index in [4.69, 9.17) is 9.52 Å². The van der Waals surface area contributed by atoms with Gasteiger partial charge in [0.05, 0.1) is 10.9 Å². The molecular formula is C22H18O4. The zero-order valence-corrected chi connectivity index (χ0v) is 14.4. The van der Waals surface area contributed by atoms with Gasteiger partial charge in [-0.15, -0.1) is 0 Å². The van der Waals surface area contributed by atoms with Crippen LogP contribution in [-0.4, -0.2) is 11.1 Å². The average Bonchev–Trinajstić information content (AvgIpc) is 2.62. The largest absolute Gasteiger partial charge is 0.478 e. The number of aromatic carboxylic acids is 1. The fourth-order valence-corrected chi connectivity index (χ4v) is 3.52. The molecule has 4 rings (SSSR count). The second-order valence-corrected chi connectivity index (χ2v) is 6.69. The molecule has 2 aromatic carbocycles. The number of carboxylic acids is 1. The van der Waals surface area contributed by atoms with Crippen molar-refractivity contribution in [1.29, 1.82) is 0 Å². The monoisotopic (exact) mass is 346 g/mol. The van der Waals surface area contributed by atoms with E-state index in [2.05, 4.69) is 12.1 Å². The second-order valence-electron chi connectivity index (χ2n) is 6.69. The maximum Gasteiger partial charge on any atom is 0.335 e. The van der Waals surface area contributed by atoms with Crippen molar-refractivity contribution in [1.82, 2.24) is 0 Å². The van der Waals surface area contributed by atoms with Gasteiger partial charge in [0.1, 0.15) is 11.3 Å². The van der Waals surface area contributed by atoms with Crippen LogP contribution < -0.4 is 5.43 Å². The first-order valence-corrected chi connectivity index (χ1v) is 8.63. The molecule has 26 heavy (non-hydrogen) atoms. The lowest BCUT2D eigenvalue weighted by Crippen LogP contribution is -2.16. The highest BCUT2D eigenvalue weighted by atomic mass is 16.4. The summed E-state index contributed by atoms with van der Waals surface area (Å²) in [6.45, 7) is 2.05. The van der Waals surface area contributed by atoms with Crippen molar-refractivity contribution >= 4 is 28.6 Å². The number of hydrogen-bond donors (Lipinski definition) is 1. The van der Waals surface area contributed by atoms with Crippen molar-refractivity contribution in [2.45, 2.75) is 26.2 Å². The minimum Gasteiger partial charge on any atom is -0.478 e. The Labute approximate surface area is 150 Å². The van der Waals surface area contributed by atoms with Crippen molar-refractivity contribution in [2.24, 2.45) is 0 Å². The number of carbonyl (C=O) groups is 1. The van der Waals surface area contributed by atoms with Gasteiger partial charge in [-0.05, 0) is 61.6 Å². The van der Waals surface area contributed by atoms with Gasteiger partial charge in [0.15, 0.2) is 5.43 Å². The quantitative estimate of drug-likeness (QED) is 0.732. The summed E-state index contributed by atoms with van der Waals surface area (Å²) in [4.78, 5) is 24.1. The Morgan fingerprint density at radius 1 is 1.15 bits per heavy atom. The molecule has 1 heterocycles. The molecule has 0 aliphatic heterocycles. The van der Waals surface area contributed by atoms with E-state index < -0.39 is 5.97 Å². The molecule has 130 valence electrons. The van der Waals surface area contributed by atoms with Crippen LogP contribution in [0.3, 0.4) is 0 Å². The van der Waals surface area contributed by atoms with E-state index in [0.29, 0.717) is 28.7 Å². The van der Waals surface area contributed by atoms with Gasteiger partial charge in [-0.1, -0.05) is 29.8 Å². The summed E-state index contributed by atoms with van der Waals surface area (Å²) >= 11 is 0. The number of aryl methyl sites for hydroxylation is 1. The predicted molar refractivity (Wildman–Crippen MR) is 101 cm³/mol. The van der Waals surface area contributed by atoms with Crippen molar-refractivity contribution in [2.75, 3.05) is 0 Å². The molecule has 0 saturated carbocycles. The molecule has 1 aliphatic carbocycles. The Morgan fingerprint density at radius 3 is 2.77 bits per heavy atom. The molecule has 0 bridgehead atoms. The maximum absolute atomic E-state index is 12.9. The van der Waals surface area contributed by atoms with E-state index in [1.54, 1.807) is 6.07 Å². The van der Waals surface area contributed by atoms with Crippen molar-refractivity contribution in [3.63, 3.8) is 0 Å². The standard InChI is InChI=1S/C22H18O4/c1-13-4-2-5-14(10-13)11-15-6-3-7-17-20(23)18-12-16(22(24)25)8-9-19(18)26-21(15)17/h2,4-5,8-12H,3,6-7H2,1H3,(H,24,25). The summed E-state index contributed by atoms with van der Waals surface area (Å²) < 4.78 is 6.05. The fraction of sp³-hybridized carbons (Fsp3) is 0.182. The number of hydrogen-bond acceptors (Lipinski definition) is 3. The molecule has 1 aromatic heterocycles. The minimum absolute atomic E-state index is 0.0936. The normalized spacial score (nSPS) is 15.2. The van der Waals surface area contributed by atoms with Gasteiger partial charge in [0.2, 0.25) is 0 Å². The molecule has 1 aliphatic rings. The highest BCUT2D eigenvalue weighted by molar-refractivity contribution is 5.93. The third-order valence-electron chi connectivity index (χ3n) is 4.78. The first-order valence-electron chi connectivity index (χ1n) is 8.63. The smallest absolute Gasteiger partial charge is 0.335 e. The fourth-order valence-electron chi connectivity index (χ4n) is 3.52. The van der Waals surface area contributed by atoms with E-state index >= 15 is 0 Å². The topological polar surface area (TPSA) is 67.5 Å². The first kappa shape index (κ1) is 16.3. The molecule has 0 saturated heterocycles. The Morgan fingerprint density at radius 2 is 2.00 bits per heavy atom. The highest BCUT2D eigenvalue weighted by Gasteiger charge is 2.22. The van der Waals surface area contributed by atoms with E-state index in [1.165, 1.54) is 17.7 Å². The molecule has 3 aromatic rings. The zero-order chi connectivity index (χ0) is 18.3. The van der Waals surface area contributed by atoms with Crippen LogP contribution in [0.15, 0.2) is 51.7 Å². The predicted octanol–water partition coefficient (Wildman–Crippen LogP) is 4.68. The number of fused-ring (bicyclic) bond motifs is 2. The molecule has 4 nitrogen and oxygen atoms in total. The van der Waals surface area contributed by atoms with Crippen molar-refractivity contribution in [3.05, 3.63) is 80.7 Å². The lowest BCUT2D eigenvalue weighted by atomic mass is 9.90. The molecule has 4 heteroatoms. The summed E-state index contributed by atoms with van der Waals surface area (Å²) in [6, 6.07) is 12.6. The molecule has 0 radical (unpaired) electrons. The maximum atomic E-state index is 12.9. The van der Waals surface area contributed by atoms with Crippen LogP contribution in [0.1, 0.15) is 45.7 Å². The van der Waals surface area contributed by atoms with Crippen LogP contribution in [0.25, 0.3) is 22.6 Å². The molecule has 0 unspecified atom stereocenters. The van der Waals surface area contributed by atoms with Crippen LogP contribution >= 0.6 is 0 Å². The summed E-state index contributed by atoms with van der Waals surface area (Å²) in [5, 5.41) is 9.49. The van der Waals surface area contributed by atoms with Gasteiger partial charge in [0, 0.05) is 5.56 Å². The van der Waals surface area contributed by atoms with Crippen molar-refractivity contribution < 1.29 is 14.3 Å². The summed E-state index contributed by atoms with van der Waals surface area (Å²) in [7, 11) is 0. The average molecular weight is 346 g/mol. The minimum atomic E-state index is -1.05. The Balaban J connectivity index is 1.91. The van der Waals surface area contributed by atoms with Gasteiger partial charge in [-0.2, -0.15) is 0 Å². The van der Waals surface area contributed by atoms with E-state index in [0.717, 1.165) is 24.0 Å². The van der Waals surface area contributed by atoms with Crippen LogP contribution in [-0.2, 0) is 6.42 Å². The Kier molecular flexibility index (Phi) is 3.96. The van der Waals surface area contributed by atoms with E-state index in [1.807, 2.05) is 25.1 Å². The zero-order valence-electron chi connectivity index (χ0n) is 14.4. The summed E-state index contributed by atoms with van der Waals surface area (Å²) in [5.74, 6) is -0.414. The lowest BCUT2D eigenvalue weighted by molar-refractivity contribution is 0.0697. The molecule has 0 atom stereocenters. The van der Waals surface area contributed by atoms with Crippen LogP contribution in [0.2, 0.25) is 0 Å². The Bertz CT molecular complexity index is 1120. The van der Waals surface area contributed by atoms with Gasteiger partial charge < -0.3 is 9.52 Å². The van der Waals surface area contributed by atoms with Crippen LogP contribution in [0, 0.1) is 6.92 Å². The number of rotatable bonds is 2. The SMILES string of the molecule is Cc1cccc(C=C2CCCc3c2oc2ccc(C(=O)O)cc2c3=O)c1. The molecule has 0 fully saturated rings. The van der Waals surface area contributed by atoms with Gasteiger partial charge >= 0.3 is 5.97 Å². The molecule has 0 amide bonds.